The first-order valence-corrected chi connectivity index (χ1v) is 4.23. The van der Waals surface area contributed by atoms with E-state index in [0.29, 0.717) is 11.5 Å². The van der Waals surface area contributed by atoms with Crippen LogP contribution in [0, 0.1) is 6.92 Å². The van der Waals surface area contributed by atoms with Crippen LogP contribution in [0.5, 0.6) is 0 Å². The summed E-state index contributed by atoms with van der Waals surface area (Å²) in [5.74, 6) is 0.672. The highest BCUT2D eigenvalue weighted by Crippen LogP contribution is 2.40. The van der Waals surface area contributed by atoms with Crippen LogP contribution in [0.3, 0.4) is 0 Å². The lowest BCUT2D eigenvalue weighted by molar-refractivity contribution is 0.112. The Labute approximate surface area is 71.6 Å². The topological polar surface area (TPSA) is 30.0 Å². The van der Waals surface area contributed by atoms with Gasteiger partial charge in [0.1, 0.15) is 0 Å². The molecule has 2 heteroatoms. The normalized spacial score (nSPS) is 16.1. The summed E-state index contributed by atoms with van der Waals surface area (Å²) in [6.45, 7) is 2.02. The molecule has 1 aliphatic rings. The molecule has 2 rings (SSSR count). The SMILES string of the molecule is Cc1cc(C=O)cnc1C1CC1. The van der Waals surface area contributed by atoms with Crippen LogP contribution in [0.1, 0.15) is 40.4 Å². The molecule has 12 heavy (non-hydrogen) atoms. The summed E-state index contributed by atoms with van der Waals surface area (Å²) < 4.78 is 0. The van der Waals surface area contributed by atoms with Crippen molar-refractivity contribution in [2.45, 2.75) is 25.7 Å². The summed E-state index contributed by atoms with van der Waals surface area (Å²) in [5.41, 5.74) is 3.01. The van der Waals surface area contributed by atoms with Crippen molar-refractivity contribution in [3.8, 4) is 0 Å². The first-order chi connectivity index (χ1) is 5.81. The fourth-order valence-electron chi connectivity index (χ4n) is 1.46. The Bertz CT molecular complexity index is 316. The Morgan fingerprint density at radius 2 is 2.33 bits per heavy atom. The van der Waals surface area contributed by atoms with Crippen LogP contribution < -0.4 is 0 Å². The Morgan fingerprint density at radius 3 is 2.83 bits per heavy atom. The predicted octanol–water partition coefficient (Wildman–Crippen LogP) is 2.08. The summed E-state index contributed by atoms with van der Waals surface area (Å²) in [4.78, 5) is 14.7. The summed E-state index contributed by atoms with van der Waals surface area (Å²) in [6.07, 6.45) is 5.02. The molecule has 1 fully saturated rings. The molecule has 0 amide bonds. The molecule has 0 bridgehead atoms. The highest BCUT2D eigenvalue weighted by atomic mass is 16.1. The minimum Gasteiger partial charge on any atom is -0.298 e. The van der Waals surface area contributed by atoms with Crippen molar-refractivity contribution in [1.82, 2.24) is 4.98 Å². The maximum absolute atomic E-state index is 10.4. The molecule has 0 unspecified atom stereocenters. The lowest BCUT2D eigenvalue weighted by Crippen LogP contribution is -1.93. The third kappa shape index (κ3) is 1.24. The van der Waals surface area contributed by atoms with E-state index in [1.54, 1.807) is 6.20 Å². The van der Waals surface area contributed by atoms with E-state index in [9.17, 15) is 4.79 Å². The van der Waals surface area contributed by atoms with E-state index < -0.39 is 0 Å². The van der Waals surface area contributed by atoms with Crippen molar-refractivity contribution >= 4 is 6.29 Å². The van der Waals surface area contributed by atoms with Crippen LogP contribution in [0.4, 0.5) is 0 Å². The molecule has 0 saturated heterocycles. The minimum atomic E-state index is 0.672. The van der Waals surface area contributed by atoms with Gasteiger partial charge in [0.15, 0.2) is 6.29 Å². The van der Waals surface area contributed by atoms with Gasteiger partial charge in [-0.2, -0.15) is 0 Å². The van der Waals surface area contributed by atoms with E-state index >= 15 is 0 Å². The number of carbonyl (C=O) groups excluding carboxylic acids is 1. The maximum atomic E-state index is 10.4. The van der Waals surface area contributed by atoms with Crippen LogP contribution in [-0.2, 0) is 0 Å². The lowest BCUT2D eigenvalue weighted by Gasteiger charge is -2.01. The van der Waals surface area contributed by atoms with Gasteiger partial charge in [0.2, 0.25) is 0 Å². The monoisotopic (exact) mass is 161 g/mol. The third-order valence-corrected chi connectivity index (χ3v) is 2.24. The molecule has 1 saturated carbocycles. The van der Waals surface area contributed by atoms with Crippen LogP contribution >= 0.6 is 0 Å². The number of aryl methyl sites for hydroxylation is 1. The van der Waals surface area contributed by atoms with E-state index in [1.807, 2.05) is 13.0 Å². The van der Waals surface area contributed by atoms with Gasteiger partial charge in [-0.15, -0.1) is 0 Å². The van der Waals surface area contributed by atoms with E-state index in [2.05, 4.69) is 4.98 Å². The zero-order chi connectivity index (χ0) is 8.55. The Balaban J connectivity index is 2.38. The second-order valence-corrected chi connectivity index (χ2v) is 3.36. The molecule has 1 heterocycles. The summed E-state index contributed by atoms with van der Waals surface area (Å²) in [6, 6.07) is 1.91. The first kappa shape index (κ1) is 7.47. The van der Waals surface area contributed by atoms with Crippen LogP contribution in [-0.4, -0.2) is 11.3 Å². The van der Waals surface area contributed by atoms with Gasteiger partial charge in [0.05, 0.1) is 0 Å². The minimum absolute atomic E-state index is 0.672. The van der Waals surface area contributed by atoms with Gasteiger partial charge in [-0.3, -0.25) is 9.78 Å². The zero-order valence-electron chi connectivity index (χ0n) is 7.08. The number of rotatable bonds is 2. The Morgan fingerprint density at radius 1 is 1.58 bits per heavy atom. The molecule has 0 atom stereocenters. The number of hydrogen-bond donors (Lipinski definition) is 0. The second-order valence-electron chi connectivity index (χ2n) is 3.36. The molecular formula is C10H11NO. The van der Waals surface area contributed by atoms with E-state index in [0.717, 1.165) is 11.8 Å². The highest BCUT2D eigenvalue weighted by Gasteiger charge is 2.26. The molecule has 1 aromatic heterocycles. The van der Waals surface area contributed by atoms with Crippen molar-refractivity contribution in [3.05, 3.63) is 29.1 Å². The Kier molecular flexibility index (Phi) is 1.68. The molecule has 0 aliphatic heterocycles. The molecule has 0 spiro atoms. The zero-order valence-corrected chi connectivity index (χ0v) is 7.08. The van der Waals surface area contributed by atoms with Crippen LogP contribution in [0.25, 0.3) is 0 Å². The van der Waals surface area contributed by atoms with Crippen molar-refractivity contribution in [2.75, 3.05) is 0 Å². The fourth-order valence-corrected chi connectivity index (χ4v) is 1.46. The molecule has 2 nitrogen and oxygen atoms in total. The van der Waals surface area contributed by atoms with Gasteiger partial charge < -0.3 is 0 Å². The third-order valence-electron chi connectivity index (χ3n) is 2.24. The van der Waals surface area contributed by atoms with E-state index in [-0.39, 0.29) is 0 Å². The average molecular weight is 161 g/mol. The van der Waals surface area contributed by atoms with Crippen molar-refractivity contribution in [1.29, 1.82) is 0 Å². The van der Waals surface area contributed by atoms with Crippen molar-refractivity contribution in [2.24, 2.45) is 0 Å². The van der Waals surface area contributed by atoms with Gasteiger partial charge >= 0.3 is 0 Å². The fraction of sp³-hybridized carbons (Fsp3) is 0.400. The molecule has 62 valence electrons. The molecule has 0 N–H and O–H groups in total. The summed E-state index contributed by atoms with van der Waals surface area (Å²) in [5, 5.41) is 0. The lowest BCUT2D eigenvalue weighted by atomic mass is 10.1. The number of nitrogens with zero attached hydrogens (tertiary/aromatic N) is 1. The van der Waals surface area contributed by atoms with E-state index in [4.69, 9.17) is 0 Å². The van der Waals surface area contributed by atoms with E-state index in [1.165, 1.54) is 18.5 Å². The number of aromatic nitrogens is 1. The standard InChI is InChI=1S/C10H11NO/c1-7-4-8(6-12)5-11-10(7)9-2-3-9/h4-6,9H,2-3H2,1H3. The smallest absolute Gasteiger partial charge is 0.151 e. The molecule has 1 aromatic rings. The number of hydrogen-bond acceptors (Lipinski definition) is 2. The van der Waals surface area contributed by atoms with Crippen molar-refractivity contribution < 1.29 is 4.79 Å². The van der Waals surface area contributed by atoms with Gasteiger partial charge in [0.25, 0.3) is 0 Å². The summed E-state index contributed by atoms with van der Waals surface area (Å²) in [7, 11) is 0. The number of aldehydes is 1. The predicted molar refractivity (Wildman–Crippen MR) is 46.3 cm³/mol. The number of carbonyl (C=O) groups is 1. The molecule has 1 aliphatic carbocycles. The second kappa shape index (κ2) is 2.70. The number of pyridine rings is 1. The van der Waals surface area contributed by atoms with Crippen LogP contribution in [0.2, 0.25) is 0 Å². The summed E-state index contributed by atoms with van der Waals surface area (Å²) >= 11 is 0. The first-order valence-electron chi connectivity index (χ1n) is 4.23. The van der Waals surface area contributed by atoms with Crippen molar-refractivity contribution in [3.63, 3.8) is 0 Å². The molecule has 0 radical (unpaired) electrons. The largest absolute Gasteiger partial charge is 0.298 e. The quantitative estimate of drug-likeness (QED) is 0.621. The molecular weight excluding hydrogens is 150 g/mol. The van der Waals surface area contributed by atoms with Gasteiger partial charge in [-0.1, -0.05) is 0 Å². The van der Waals surface area contributed by atoms with Gasteiger partial charge in [-0.05, 0) is 31.4 Å². The Hall–Kier alpha value is -1.18. The van der Waals surface area contributed by atoms with Crippen LogP contribution in [0.15, 0.2) is 12.3 Å². The maximum Gasteiger partial charge on any atom is 0.151 e. The molecule has 0 aromatic carbocycles. The average Bonchev–Trinajstić information content (AvgIpc) is 2.87. The van der Waals surface area contributed by atoms with Gasteiger partial charge in [-0.25, -0.2) is 0 Å². The highest BCUT2D eigenvalue weighted by molar-refractivity contribution is 5.74. The van der Waals surface area contributed by atoms with Gasteiger partial charge in [0, 0.05) is 23.4 Å².